The van der Waals surface area contributed by atoms with Gasteiger partial charge in [-0.2, -0.15) is 0 Å². The highest BCUT2D eigenvalue weighted by Crippen LogP contribution is 2.15. The van der Waals surface area contributed by atoms with Crippen LogP contribution in [0.3, 0.4) is 0 Å². The van der Waals surface area contributed by atoms with Crippen LogP contribution in [0.2, 0.25) is 0 Å². The normalized spacial score (nSPS) is 10.1. The molecule has 0 amide bonds. The van der Waals surface area contributed by atoms with Crippen LogP contribution in [-0.2, 0) is 4.74 Å². The van der Waals surface area contributed by atoms with Gasteiger partial charge in [0.2, 0.25) is 0 Å². The van der Waals surface area contributed by atoms with Crippen molar-refractivity contribution in [1.29, 1.82) is 0 Å². The monoisotopic (exact) mass is 210 g/mol. The molecule has 1 rings (SSSR count). The molecule has 4 nitrogen and oxygen atoms in total. The van der Waals surface area contributed by atoms with Crippen LogP contribution in [0.4, 0.5) is 0 Å². The summed E-state index contributed by atoms with van der Waals surface area (Å²) in [6.07, 6.45) is 0. The van der Waals surface area contributed by atoms with Gasteiger partial charge < -0.3 is 19.5 Å². The Morgan fingerprint density at radius 2 is 2.00 bits per heavy atom. The third kappa shape index (κ3) is 3.55. The molecular weight excluding hydrogens is 195 g/mol. The summed E-state index contributed by atoms with van der Waals surface area (Å²) in [5.41, 5.74) is 1.38. The van der Waals surface area contributed by atoms with Crippen molar-refractivity contribution in [2.45, 2.75) is 6.92 Å². The second-order valence-corrected chi connectivity index (χ2v) is 3.24. The summed E-state index contributed by atoms with van der Waals surface area (Å²) in [7, 11) is 0.139. The topological polar surface area (TPSA) is 58.9 Å². The summed E-state index contributed by atoms with van der Waals surface area (Å²) in [5.74, 6) is 0.651. The zero-order chi connectivity index (χ0) is 11.3. The van der Waals surface area contributed by atoms with Gasteiger partial charge in [0.15, 0.2) is 0 Å². The lowest BCUT2D eigenvalue weighted by Crippen LogP contribution is -2.29. The molecule has 15 heavy (non-hydrogen) atoms. The molecule has 0 saturated carbocycles. The number of rotatable bonds is 5. The number of ether oxygens (including phenoxy) is 2. The van der Waals surface area contributed by atoms with E-state index < -0.39 is 7.12 Å². The van der Waals surface area contributed by atoms with Crippen molar-refractivity contribution in [2.75, 3.05) is 20.3 Å². The summed E-state index contributed by atoms with van der Waals surface area (Å²) < 4.78 is 10.3. The van der Waals surface area contributed by atoms with Crippen LogP contribution in [0.15, 0.2) is 18.2 Å². The summed E-state index contributed by atoms with van der Waals surface area (Å²) in [4.78, 5) is 0. The van der Waals surface area contributed by atoms with Crippen molar-refractivity contribution in [3.63, 3.8) is 0 Å². The molecule has 0 aromatic heterocycles. The van der Waals surface area contributed by atoms with E-state index in [1.54, 1.807) is 25.3 Å². The summed E-state index contributed by atoms with van der Waals surface area (Å²) in [5, 5.41) is 18.0. The Balaban J connectivity index is 2.72. The average Bonchev–Trinajstić information content (AvgIpc) is 2.20. The molecule has 0 aliphatic rings. The van der Waals surface area contributed by atoms with Crippen molar-refractivity contribution in [2.24, 2.45) is 0 Å². The molecule has 0 fully saturated rings. The van der Waals surface area contributed by atoms with Gasteiger partial charge in [0.05, 0.1) is 6.61 Å². The molecule has 5 heteroatoms. The Bertz CT molecular complexity index is 314. The molecule has 0 aliphatic carbocycles. The number of aryl methyl sites for hydroxylation is 1. The third-order valence-electron chi connectivity index (χ3n) is 2.06. The maximum Gasteiger partial charge on any atom is 0.488 e. The van der Waals surface area contributed by atoms with Crippen molar-refractivity contribution in [3.8, 4) is 5.75 Å². The van der Waals surface area contributed by atoms with E-state index in [1.807, 2.05) is 6.92 Å². The maximum atomic E-state index is 8.99. The van der Waals surface area contributed by atoms with Crippen molar-refractivity contribution >= 4 is 12.6 Å². The quantitative estimate of drug-likeness (QED) is 0.517. The molecule has 1 aromatic rings. The molecule has 0 atom stereocenters. The number of hydrogen-bond donors (Lipinski definition) is 2. The Labute approximate surface area is 89.6 Å². The van der Waals surface area contributed by atoms with Gasteiger partial charge >= 0.3 is 7.12 Å². The minimum absolute atomic E-state index is 0.424. The lowest BCUT2D eigenvalue weighted by molar-refractivity contribution is 0.146. The smallest absolute Gasteiger partial charge is 0.488 e. The van der Waals surface area contributed by atoms with Crippen molar-refractivity contribution < 1.29 is 19.5 Å². The summed E-state index contributed by atoms with van der Waals surface area (Å²) in [6, 6.07) is 5.07. The van der Waals surface area contributed by atoms with E-state index >= 15 is 0 Å². The van der Waals surface area contributed by atoms with Crippen LogP contribution in [0, 0.1) is 6.92 Å². The first-order valence-corrected chi connectivity index (χ1v) is 4.73. The maximum absolute atomic E-state index is 8.99. The fourth-order valence-electron chi connectivity index (χ4n) is 1.17. The van der Waals surface area contributed by atoms with Crippen molar-refractivity contribution in [3.05, 3.63) is 23.8 Å². The minimum Gasteiger partial charge on any atom is -0.491 e. The Morgan fingerprint density at radius 3 is 2.60 bits per heavy atom. The molecule has 0 aliphatic heterocycles. The first kappa shape index (κ1) is 12.0. The molecule has 1 aromatic carbocycles. The molecule has 0 unspecified atom stereocenters. The lowest BCUT2D eigenvalue weighted by atomic mass is 9.80. The van der Waals surface area contributed by atoms with E-state index in [-0.39, 0.29) is 0 Å². The summed E-state index contributed by atoms with van der Waals surface area (Å²) >= 11 is 0. The highest BCUT2D eigenvalue weighted by molar-refractivity contribution is 6.58. The molecular formula is C10H15BO4. The fraction of sp³-hybridized carbons (Fsp3) is 0.400. The highest BCUT2D eigenvalue weighted by Gasteiger charge is 2.12. The van der Waals surface area contributed by atoms with Crippen molar-refractivity contribution in [1.82, 2.24) is 0 Å². The minimum atomic E-state index is -1.46. The van der Waals surface area contributed by atoms with Gasteiger partial charge in [0.1, 0.15) is 12.4 Å². The van der Waals surface area contributed by atoms with Gasteiger partial charge in [-0.15, -0.1) is 0 Å². The van der Waals surface area contributed by atoms with Gasteiger partial charge in [-0.25, -0.2) is 0 Å². The molecule has 0 saturated heterocycles. The fourth-order valence-corrected chi connectivity index (χ4v) is 1.17. The van der Waals surface area contributed by atoms with Gasteiger partial charge in [0.25, 0.3) is 0 Å². The van der Waals surface area contributed by atoms with Crippen LogP contribution in [0.5, 0.6) is 5.75 Å². The van der Waals surface area contributed by atoms with Gasteiger partial charge in [-0.1, -0.05) is 12.1 Å². The Hall–Kier alpha value is -1.04. The molecule has 0 spiro atoms. The number of benzene rings is 1. The molecule has 0 radical (unpaired) electrons. The Morgan fingerprint density at radius 1 is 1.27 bits per heavy atom. The largest absolute Gasteiger partial charge is 0.491 e. The SMILES string of the molecule is COCCOc1cc(B(O)O)ccc1C. The predicted octanol–water partition coefficient (Wildman–Crippen LogP) is -0.300. The Kier molecular flexibility index (Phi) is 4.61. The van der Waals surface area contributed by atoms with E-state index in [2.05, 4.69) is 0 Å². The van der Waals surface area contributed by atoms with E-state index in [1.165, 1.54) is 0 Å². The van der Waals surface area contributed by atoms with Gasteiger partial charge in [-0.3, -0.25) is 0 Å². The zero-order valence-corrected chi connectivity index (χ0v) is 8.93. The van der Waals surface area contributed by atoms with Crippen LogP contribution < -0.4 is 10.2 Å². The van der Waals surface area contributed by atoms with Crippen LogP contribution in [0.25, 0.3) is 0 Å². The van der Waals surface area contributed by atoms with Crippen LogP contribution in [0.1, 0.15) is 5.56 Å². The molecule has 0 bridgehead atoms. The molecule has 0 heterocycles. The first-order valence-electron chi connectivity index (χ1n) is 4.73. The second-order valence-electron chi connectivity index (χ2n) is 3.24. The van der Waals surface area contributed by atoms with E-state index in [9.17, 15) is 0 Å². The average molecular weight is 210 g/mol. The van der Waals surface area contributed by atoms with Crippen LogP contribution >= 0.6 is 0 Å². The second kappa shape index (κ2) is 5.75. The standard InChI is InChI=1S/C10H15BO4/c1-8-3-4-9(11(12)13)7-10(8)15-6-5-14-2/h3-4,7,12-13H,5-6H2,1-2H3. The number of hydrogen-bond acceptors (Lipinski definition) is 4. The summed E-state index contributed by atoms with van der Waals surface area (Å²) in [6.45, 7) is 2.85. The first-order chi connectivity index (χ1) is 7.15. The lowest BCUT2D eigenvalue weighted by Gasteiger charge is -2.10. The predicted molar refractivity (Wildman–Crippen MR) is 58.4 cm³/mol. The number of methoxy groups -OCH3 is 1. The highest BCUT2D eigenvalue weighted by atomic mass is 16.5. The molecule has 2 N–H and O–H groups in total. The van der Waals surface area contributed by atoms with Gasteiger partial charge in [0, 0.05) is 7.11 Å². The van der Waals surface area contributed by atoms with E-state index in [0.29, 0.717) is 24.4 Å². The van der Waals surface area contributed by atoms with E-state index in [4.69, 9.17) is 19.5 Å². The molecule has 82 valence electrons. The third-order valence-corrected chi connectivity index (χ3v) is 2.06. The zero-order valence-electron chi connectivity index (χ0n) is 8.93. The van der Waals surface area contributed by atoms with Crippen LogP contribution in [-0.4, -0.2) is 37.5 Å². The van der Waals surface area contributed by atoms with Gasteiger partial charge in [-0.05, 0) is 24.0 Å². The van der Waals surface area contributed by atoms with E-state index in [0.717, 1.165) is 5.56 Å².